The second-order valence-electron chi connectivity index (χ2n) is 3.67. The average molecular weight is 242 g/mol. The van der Waals surface area contributed by atoms with E-state index < -0.39 is 0 Å². The molecule has 0 radical (unpaired) electrons. The first-order valence-corrected chi connectivity index (χ1v) is 6.16. The topological polar surface area (TPSA) is 64.2 Å². The number of aromatic nitrogens is 2. The van der Waals surface area contributed by atoms with Gasteiger partial charge < -0.3 is 5.73 Å². The van der Waals surface area contributed by atoms with Crippen LogP contribution in [0.2, 0.25) is 0 Å². The van der Waals surface area contributed by atoms with Crippen molar-refractivity contribution in [3.63, 3.8) is 0 Å². The first-order chi connectivity index (χ1) is 8.33. The summed E-state index contributed by atoms with van der Waals surface area (Å²) in [6.45, 7) is 0. The van der Waals surface area contributed by atoms with Gasteiger partial charge in [0.1, 0.15) is 12.1 Å². The first kappa shape index (κ1) is 10.3. The molecular formula is C12H10N4S. The molecule has 3 rings (SSSR count). The van der Waals surface area contributed by atoms with E-state index in [1.807, 2.05) is 24.4 Å². The molecular weight excluding hydrogens is 232 g/mol. The number of rotatable bonds is 1. The summed E-state index contributed by atoms with van der Waals surface area (Å²) >= 11 is 1.72. The third-order valence-corrected chi connectivity index (χ3v) is 3.36. The van der Waals surface area contributed by atoms with Gasteiger partial charge in [-0.05, 0) is 23.8 Å². The van der Waals surface area contributed by atoms with Crippen LogP contribution in [0.1, 0.15) is 5.56 Å². The van der Waals surface area contributed by atoms with Gasteiger partial charge in [0.25, 0.3) is 0 Å². The molecule has 0 amide bonds. The number of nitrogens with zero attached hydrogens (tertiary/aromatic N) is 3. The summed E-state index contributed by atoms with van der Waals surface area (Å²) < 4.78 is 0. The van der Waals surface area contributed by atoms with Gasteiger partial charge in [-0.1, -0.05) is 6.07 Å². The van der Waals surface area contributed by atoms with Crippen molar-refractivity contribution in [2.24, 2.45) is 4.99 Å². The second-order valence-corrected chi connectivity index (χ2v) is 4.69. The van der Waals surface area contributed by atoms with E-state index in [4.69, 9.17) is 5.73 Å². The number of thioether (sulfide) groups is 1. The number of allylic oxidation sites excluding steroid dienone is 1. The fourth-order valence-electron chi connectivity index (χ4n) is 1.70. The molecule has 1 aromatic heterocycles. The molecule has 84 valence electrons. The van der Waals surface area contributed by atoms with Crippen molar-refractivity contribution in [1.29, 1.82) is 0 Å². The second kappa shape index (κ2) is 4.18. The van der Waals surface area contributed by atoms with Crippen LogP contribution in [0.25, 0.3) is 17.0 Å². The monoisotopic (exact) mass is 242 g/mol. The number of nitrogens with two attached hydrogens (primary N) is 1. The Morgan fingerprint density at radius 3 is 3.06 bits per heavy atom. The Morgan fingerprint density at radius 2 is 2.24 bits per heavy atom. The van der Waals surface area contributed by atoms with Crippen LogP contribution in [-0.2, 0) is 0 Å². The minimum atomic E-state index is 0.517. The lowest BCUT2D eigenvalue weighted by Gasteiger charge is -2.01. The smallest absolute Gasteiger partial charge is 0.134 e. The molecule has 0 atom stereocenters. The van der Waals surface area contributed by atoms with Crippen LogP contribution in [-0.4, -0.2) is 22.1 Å². The van der Waals surface area contributed by atoms with E-state index in [1.165, 1.54) is 11.2 Å². The fourth-order valence-corrected chi connectivity index (χ4v) is 2.37. The fraction of sp³-hybridized carbons (Fsp3) is 0.0833. The van der Waals surface area contributed by atoms with Crippen molar-refractivity contribution in [2.75, 3.05) is 11.6 Å². The highest BCUT2D eigenvalue weighted by Crippen LogP contribution is 2.24. The van der Waals surface area contributed by atoms with Crippen LogP contribution in [0.3, 0.4) is 0 Å². The normalized spacial score (nSPS) is 17.1. The van der Waals surface area contributed by atoms with Crippen LogP contribution in [0, 0.1) is 0 Å². The molecule has 0 aliphatic carbocycles. The third kappa shape index (κ3) is 2.01. The van der Waals surface area contributed by atoms with E-state index in [0.717, 1.165) is 22.3 Å². The molecule has 0 saturated heterocycles. The van der Waals surface area contributed by atoms with Gasteiger partial charge in [-0.25, -0.2) is 9.97 Å². The highest BCUT2D eigenvalue weighted by atomic mass is 32.2. The highest BCUT2D eigenvalue weighted by molar-refractivity contribution is 8.04. The van der Waals surface area contributed by atoms with Crippen molar-refractivity contribution in [1.82, 2.24) is 9.97 Å². The SMILES string of the molecule is Nc1ncnc2ccc(C=C3C=NCS3)cc12. The molecule has 17 heavy (non-hydrogen) atoms. The first-order valence-electron chi connectivity index (χ1n) is 5.17. The Morgan fingerprint density at radius 1 is 1.29 bits per heavy atom. The van der Waals surface area contributed by atoms with Crippen molar-refractivity contribution in [3.05, 3.63) is 35.0 Å². The van der Waals surface area contributed by atoms with Crippen LogP contribution in [0.4, 0.5) is 5.82 Å². The molecule has 2 N–H and O–H groups in total. The molecule has 0 unspecified atom stereocenters. The zero-order valence-electron chi connectivity index (χ0n) is 9.00. The molecule has 0 saturated carbocycles. The Balaban J connectivity index is 2.10. The van der Waals surface area contributed by atoms with E-state index in [1.54, 1.807) is 11.8 Å². The van der Waals surface area contributed by atoms with E-state index in [2.05, 4.69) is 21.0 Å². The van der Waals surface area contributed by atoms with E-state index in [9.17, 15) is 0 Å². The molecule has 2 aromatic rings. The maximum atomic E-state index is 5.83. The van der Waals surface area contributed by atoms with Gasteiger partial charge in [-0.15, -0.1) is 11.8 Å². The van der Waals surface area contributed by atoms with Crippen LogP contribution in [0.15, 0.2) is 34.4 Å². The van der Waals surface area contributed by atoms with Gasteiger partial charge >= 0.3 is 0 Å². The summed E-state index contributed by atoms with van der Waals surface area (Å²) in [6, 6.07) is 5.98. The molecule has 5 heteroatoms. The van der Waals surface area contributed by atoms with Crippen molar-refractivity contribution in [3.8, 4) is 0 Å². The molecule has 1 aliphatic rings. The minimum Gasteiger partial charge on any atom is -0.383 e. The average Bonchev–Trinajstić information content (AvgIpc) is 2.83. The third-order valence-electron chi connectivity index (χ3n) is 2.52. The lowest BCUT2D eigenvalue weighted by molar-refractivity contribution is 1.23. The number of anilines is 1. The summed E-state index contributed by atoms with van der Waals surface area (Å²) in [5.74, 6) is 1.33. The summed E-state index contributed by atoms with van der Waals surface area (Å²) in [6.07, 6.45) is 5.46. The molecule has 0 spiro atoms. The maximum Gasteiger partial charge on any atom is 0.134 e. The van der Waals surface area contributed by atoms with E-state index in [0.29, 0.717) is 5.82 Å². The van der Waals surface area contributed by atoms with Crippen LogP contribution >= 0.6 is 11.8 Å². The van der Waals surface area contributed by atoms with Gasteiger partial charge in [0, 0.05) is 16.5 Å². The molecule has 1 aromatic carbocycles. The van der Waals surface area contributed by atoms with E-state index in [-0.39, 0.29) is 0 Å². The summed E-state index contributed by atoms with van der Waals surface area (Å²) in [4.78, 5) is 13.5. The highest BCUT2D eigenvalue weighted by Gasteiger charge is 2.03. The lowest BCUT2D eigenvalue weighted by Crippen LogP contribution is -1.93. The summed E-state index contributed by atoms with van der Waals surface area (Å²) in [5, 5.41) is 0.891. The standard InChI is InChI=1S/C12H10N4S/c13-12-10-4-8(3-9-5-14-7-17-9)1-2-11(10)15-6-16-12/h1-6H,7H2,(H2,13,15,16). The molecule has 1 aliphatic heterocycles. The Kier molecular flexibility index (Phi) is 2.53. The summed E-state index contributed by atoms with van der Waals surface area (Å²) in [5.41, 5.74) is 7.79. The number of aliphatic imine (C=N–C) groups is 1. The zero-order valence-corrected chi connectivity index (χ0v) is 9.81. The predicted octanol–water partition coefficient (Wildman–Crippen LogP) is 2.33. The zero-order chi connectivity index (χ0) is 11.7. The maximum absolute atomic E-state index is 5.83. The van der Waals surface area contributed by atoms with Gasteiger partial charge in [0.15, 0.2) is 0 Å². The Labute approximate surface area is 103 Å². The number of fused-ring (bicyclic) bond motifs is 1. The van der Waals surface area contributed by atoms with Gasteiger partial charge in [-0.2, -0.15) is 0 Å². The minimum absolute atomic E-state index is 0.517. The van der Waals surface area contributed by atoms with Gasteiger partial charge in [0.2, 0.25) is 0 Å². The van der Waals surface area contributed by atoms with Gasteiger partial charge in [0.05, 0.1) is 11.4 Å². The largest absolute Gasteiger partial charge is 0.383 e. The quantitative estimate of drug-likeness (QED) is 0.833. The molecule has 0 fully saturated rings. The lowest BCUT2D eigenvalue weighted by atomic mass is 10.1. The number of nitrogen functional groups attached to an aromatic ring is 1. The Bertz CT molecular complexity index is 633. The van der Waals surface area contributed by atoms with E-state index >= 15 is 0 Å². The molecule has 0 bridgehead atoms. The predicted molar refractivity (Wildman–Crippen MR) is 72.9 cm³/mol. The molecule has 4 nitrogen and oxygen atoms in total. The number of benzene rings is 1. The number of hydrogen-bond donors (Lipinski definition) is 1. The van der Waals surface area contributed by atoms with Crippen molar-refractivity contribution >= 4 is 40.8 Å². The van der Waals surface area contributed by atoms with Gasteiger partial charge in [-0.3, -0.25) is 4.99 Å². The number of hydrogen-bond acceptors (Lipinski definition) is 5. The van der Waals surface area contributed by atoms with Crippen LogP contribution in [0.5, 0.6) is 0 Å². The van der Waals surface area contributed by atoms with Crippen LogP contribution < -0.4 is 5.73 Å². The Hall–Kier alpha value is -1.88. The van der Waals surface area contributed by atoms with Crippen molar-refractivity contribution in [2.45, 2.75) is 0 Å². The summed E-state index contributed by atoms with van der Waals surface area (Å²) in [7, 11) is 0. The van der Waals surface area contributed by atoms with Crippen molar-refractivity contribution < 1.29 is 0 Å². The molecule has 2 heterocycles.